The Morgan fingerprint density at radius 3 is 0.796 bits per heavy atom. The average Bonchev–Trinajstić information content (AvgIpc) is 0.793. The summed E-state index contributed by atoms with van der Waals surface area (Å²) in [6, 6.07) is -3.54. The van der Waals surface area contributed by atoms with Gasteiger partial charge in [0.25, 0.3) is 0 Å². The molecule has 4 rings (SSSR count). The SMILES string of the molecule is CC(=O)N[C@H]1[C@H](OCCCCC(=O)NCCCNC(=O)CCOC2[C@H](OCCC(=O)NCCCNC(=O)CCCCO[C@@H]3O[C@H](COC(C)=O)[C@H](OC(C)=O)[C@H](OC(C)=O)[C@H]3NC(C)=O)CC(C(=O)NCCCCCC(=O)O)C[C@H]2OCCC(=O)NCCCNC(=O)CCCCO[C@@H]2O[C@H](COC(C)=O)[C@H](OC(C)=O)[C@H](OC(C)=O)[C@H]2NC(C)=O)O[C@H](COC(C)=O)[C@H](OC(C)=O)[C@@H]1OC(C)=O. The summed E-state index contributed by atoms with van der Waals surface area (Å²) in [4.78, 5) is 250. The Morgan fingerprint density at radius 2 is 0.526 bits per heavy atom. The van der Waals surface area contributed by atoms with Crippen LogP contribution >= 0.6 is 0 Å². The number of nitrogens with one attached hydrogen (secondary N) is 10. The minimum absolute atomic E-state index is 0.0228. The lowest BCUT2D eigenvalue weighted by Crippen LogP contribution is -2.66. The van der Waals surface area contributed by atoms with Gasteiger partial charge in [0, 0.05) is 200 Å². The van der Waals surface area contributed by atoms with Crippen molar-refractivity contribution in [2.24, 2.45) is 5.92 Å². The van der Waals surface area contributed by atoms with E-state index in [1.54, 1.807) is 0 Å². The maximum absolute atomic E-state index is 14.1. The van der Waals surface area contributed by atoms with E-state index in [9.17, 15) is 95.9 Å². The van der Waals surface area contributed by atoms with Gasteiger partial charge in [0.1, 0.15) is 62.4 Å². The van der Waals surface area contributed by atoms with Gasteiger partial charge in [-0.3, -0.25) is 95.9 Å². The van der Waals surface area contributed by atoms with Crippen LogP contribution in [0.4, 0.5) is 0 Å². The van der Waals surface area contributed by atoms with Crippen LogP contribution in [0.1, 0.15) is 218 Å². The first-order valence-corrected chi connectivity index (χ1v) is 46.1. The highest BCUT2D eigenvalue weighted by atomic mass is 16.7. The van der Waals surface area contributed by atoms with Crippen LogP contribution in [-0.2, 0) is 181 Å². The highest BCUT2D eigenvalue weighted by molar-refractivity contribution is 5.81. The summed E-state index contributed by atoms with van der Waals surface area (Å²) >= 11 is 0. The number of unbranched alkanes of at least 4 members (excludes halogenated alkanes) is 5. The van der Waals surface area contributed by atoms with Gasteiger partial charge >= 0.3 is 59.7 Å². The predicted molar refractivity (Wildman–Crippen MR) is 468 cm³/mol. The van der Waals surface area contributed by atoms with Crippen molar-refractivity contribution in [1.82, 2.24) is 53.2 Å². The number of ether oxygens (including phenoxy) is 18. The van der Waals surface area contributed by atoms with E-state index in [2.05, 4.69) is 53.2 Å². The summed E-state index contributed by atoms with van der Waals surface area (Å²) in [7, 11) is 0. The molecular weight excluding hydrogens is 1820 g/mol. The monoisotopic (exact) mass is 1960 g/mol. The fraction of sp³-hybridized carbons (Fsp3) is 0.773. The van der Waals surface area contributed by atoms with Gasteiger partial charge in [0.05, 0.1) is 32.0 Å². The topological polar surface area (TPSA) is 648 Å². The molecule has 1 saturated carbocycles. The average molecular weight is 1960 g/mol. The van der Waals surface area contributed by atoms with Gasteiger partial charge in [-0.05, 0) is 83.5 Å². The number of carbonyl (C=O) groups excluding carboxylic acids is 19. The minimum atomic E-state index is -1.32. The van der Waals surface area contributed by atoms with Crippen molar-refractivity contribution in [3.05, 3.63) is 0 Å². The normalized spacial score (nSPS) is 23.8. The molecule has 17 atom stereocenters. The van der Waals surface area contributed by atoms with Gasteiger partial charge in [-0.15, -0.1) is 0 Å². The highest BCUT2D eigenvalue weighted by Crippen LogP contribution is 2.35. The van der Waals surface area contributed by atoms with E-state index in [-0.39, 0.29) is 167 Å². The van der Waals surface area contributed by atoms with Gasteiger partial charge < -0.3 is 144 Å². The Bertz CT molecular complexity index is 3770. The third-order valence-electron chi connectivity index (χ3n) is 20.9. The van der Waals surface area contributed by atoms with Crippen LogP contribution in [0.3, 0.4) is 0 Å². The van der Waals surface area contributed by atoms with E-state index in [4.69, 9.17) is 90.4 Å². The van der Waals surface area contributed by atoms with Gasteiger partial charge in [-0.2, -0.15) is 0 Å². The number of esters is 9. The molecule has 49 heteroatoms. The van der Waals surface area contributed by atoms with E-state index in [1.807, 2.05) is 0 Å². The van der Waals surface area contributed by atoms with Crippen LogP contribution in [0.5, 0.6) is 0 Å². The quantitative estimate of drug-likeness (QED) is 0.0195. The van der Waals surface area contributed by atoms with Crippen molar-refractivity contribution in [2.45, 2.75) is 328 Å². The zero-order chi connectivity index (χ0) is 101. The smallest absolute Gasteiger partial charge is 0.303 e. The number of carbonyl (C=O) groups is 20. The number of aliphatic carboxylic acids is 1. The summed E-state index contributed by atoms with van der Waals surface area (Å²) in [5.74, 6) is -12.7. The second-order valence-electron chi connectivity index (χ2n) is 32.9. The first-order chi connectivity index (χ1) is 65.1. The Kier molecular flexibility index (Phi) is 56.8. The molecule has 0 spiro atoms. The summed E-state index contributed by atoms with van der Waals surface area (Å²) in [5.41, 5.74) is 0. The van der Waals surface area contributed by atoms with Crippen LogP contribution in [0.25, 0.3) is 0 Å². The zero-order valence-corrected chi connectivity index (χ0v) is 80.1. The second kappa shape index (κ2) is 65.8. The number of hydrogen-bond acceptors (Lipinski definition) is 38. The molecule has 776 valence electrons. The number of carboxylic acids is 1. The Morgan fingerprint density at radius 1 is 0.263 bits per heavy atom. The number of hydrogen-bond donors (Lipinski definition) is 11. The Balaban J connectivity index is 1.37. The maximum Gasteiger partial charge on any atom is 0.303 e. The third kappa shape index (κ3) is 49.8. The lowest BCUT2D eigenvalue weighted by Gasteiger charge is -2.44. The summed E-state index contributed by atoms with van der Waals surface area (Å²) in [6.07, 6.45) is -14.4. The molecule has 0 aromatic rings. The largest absolute Gasteiger partial charge is 0.481 e. The number of rotatable bonds is 64. The summed E-state index contributed by atoms with van der Waals surface area (Å²) < 4.78 is 103. The second-order valence-corrected chi connectivity index (χ2v) is 32.9. The van der Waals surface area contributed by atoms with Crippen molar-refractivity contribution >= 4 is 119 Å². The van der Waals surface area contributed by atoms with E-state index in [1.165, 1.54) is 20.8 Å². The Labute approximate surface area is 794 Å². The van der Waals surface area contributed by atoms with Crippen molar-refractivity contribution < 1.29 is 186 Å². The molecule has 0 bridgehead atoms. The Hall–Kier alpha value is -11.0. The first kappa shape index (κ1) is 118. The molecule has 0 radical (unpaired) electrons. The summed E-state index contributed by atoms with van der Waals surface area (Å²) in [5, 5.41) is 36.7. The molecule has 3 heterocycles. The van der Waals surface area contributed by atoms with Gasteiger partial charge in [-0.25, -0.2) is 0 Å². The van der Waals surface area contributed by atoms with Crippen LogP contribution in [0.15, 0.2) is 0 Å². The lowest BCUT2D eigenvalue weighted by atomic mass is 9.82. The first-order valence-electron chi connectivity index (χ1n) is 46.1. The van der Waals surface area contributed by atoms with Crippen LogP contribution in [-0.4, -0.2) is 339 Å². The standard InChI is InChI=1S/C88H140N10O39/c1-50(99)96-75-82(132-59(10)108)79(129-56(7)105)65(47-126-53(4)102)135-86(75)123-39-19-15-25-68(111)89-33-22-36-92-71(114)29-42-120-63-45-62(85(119)95-32-18-13-14-28-74(117)118)46-64(121-43-30-72(115)93-37-23-34-90-69(112)26-16-20-40-124-87-76(97-51(2)100)83(133-60(11)109)80(130-57(8)106)66(136-87)48-127-54(5)103)78(63)122-44-31-73(116)94-38-24-35-91-70(113)27-17-21-41-125-88-77(98-52(3)101)84(134-61(12)110)81(131-58(9)107)67(137-88)49-128-55(6)104/h62-67,75-84,86-88H,13-49H2,1-12H3,(H,89,111)(H,90,112)(H,91,113)(H,92,114)(H,93,115)(H,94,116)(H,95,119)(H,96,99)(H,97,100)(H,98,101)(H,117,118)/t62?,63-,64-,65-,66-,67-,75-,76-,77-,78?,79+,80+,81+,82-,83-,84-,86-,87-,88-/m1/s1. The maximum atomic E-state index is 14.1. The number of amides is 10. The zero-order valence-electron chi connectivity index (χ0n) is 80.1. The number of carboxylic acid groups (broad SMARTS) is 1. The van der Waals surface area contributed by atoms with Gasteiger partial charge in [-0.1, -0.05) is 6.42 Å². The summed E-state index contributed by atoms with van der Waals surface area (Å²) in [6.45, 7) is 12.9. The molecule has 137 heavy (non-hydrogen) atoms. The molecule has 3 saturated heterocycles. The minimum Gasteiger partial charge on any atom is -0.481 e. The molecule has 0 aromatic carbocycles. The van der Waals surface area contributed by atoms with Crippen molar-refractivity contribution in [3.63, 3.8) is 0 Å². The lowest BCUT2D eigenvalue weighted by molar-refractivity contribution is -0.277. The molecular formula is C88H140N10O39. The fourth-order valence-electron chi connectivity index (χ4n) is 15.0. The molecule has 11 N–H and O–H groups in total. The molecule has 0 unspecified atom stereocenters. The van der Waals surface area contributed by atoms with Crippen LogP contribution in [0.2, 0.25) is 0 Å². The predicted octanol–water partition coefficient (Wildman–Crippen LogP) is -1.12. The third-order valence-corrected chi connectivity index (χ3v) is 20.9. The van der Waals surface area contributed by atoms with E-state index in [0.29, 0.717) is 77.0 Å². The van der Waals surface area contributed by atoms with Crippen LogP contribution < -0.4 is 53.2 Å². The van der Waals surface area contributed by atoms with Crippen molar-refractivity contribution in [2.75, 3.05) is 105 Å². The van der Waals surface area contributed by atoms with E-state index < -0.39 is 231 Å². The molecule has 10 amide bonds. The van der Waals surface area contributed by atoms with Crippen molar-refractivity contribution in [3.8, 4) is 0 Å². The molecule has 0 aromatic heterocycles. The van der Waals surface area contributed by atoms with E-state index >= 15 is 0 Å². The van der Waals surface area contributed by atoms with E-state index in [0.717, 1.165) is 62.3 Å². The molecule has 4 aliphatic rings. The van der Waals surface area contributed by atoms with Crippen LogP contribution in [0, 0.1) is 5.92 Å². The molecule has 1 aliphatic carbocycles. The molecule has 4 fully saturated rings. The van der Waals surface area contributed by atoms with Crippen molar-refractivity contribution in [1.29, 1.82) is 0 Å². The molecule has 49 nitrogen and oxygen atoms in total. The molecule has 3 aliphatic heterocycles. The highest BCUT2D eigenvalue weighted by Gasteiger charge is 2.55. The van der Waals surface area contributed by atoms with Gasteiger partial charge in [0.15, 0.2) is 55.5 Å². The van der Waals surface area contributed by atoms with Gasteiger partial charge in [0.2, 0.25) is 59.1 Å². The fourth-order valence-corrected chi connectivity index (χ4v) is 15.0.